The molecule has 1 saturated heterocycles. The van der Waals surface area contributed by atoms with Gasteiger partial charge in [-0.1, -0.05) is 6.07 Å². The number of primary sulfonamides is 1. The zero-order chi connectivity index (χ0) is 30.3. The van der Waals surface area contributed by atoms with Crippen LogP contribution in [0.2, 0.25) is 0 Å². The fourth-order valence-electron chi connectivity index (χ4n) is 4.20. The van der Waals surface area contributed by atoms with Crippen molar-refractivity contribution in [3.8, 4) is 23.0 Å². The molecule has 0 saturated carbocycles. The highest BCUT2D eigenvalue weighted by Crippen LogP contribution is 2.33. The minimum Gasteiger partial charge on any atom is -0.495 e. The maximum Gasteiger partial charge on any atom is 0.335 e. The summed E-state index contributed by atoms with van der Waals surface area (Å²) >= 11 is 0. The number of nitrogens with two attached hydrogens (primary N) is 1. The van der Waals surface area contributed by atoms with Crippen LogP contribution in [0.1, 0.15) is 19.4 Å². The van der Waals surface area contributed by atoms with Gasteiger partial charge in [0.1, 0.15) is 41.3 Å². The normalized spacial score (nSPS) is 23.4. The Kier molecular flexibility index (Phi) is 11.1. The lowest BCUT2D eigenvalue weighted by molar-refractivity contribution is -0.271. The van der Waals surface area contributed by atoms with E-state index in [1.165, 1.54) is 25.3 Å². The molecule has 0 unspecified atom stereocenters. The summed E-state index contributed by atoms with van der Waals surface area (Å²) in [5, 5.41) is 47.9. The van der Waals surface area contributed by atoms with Crippen molar-refractivity contribution in [3.05, 3.63) is 42.0 Å². The number of hydrogen-bond donors (Lipinski definition) is 6. The van der Waals surface area contributed by atoms with Gasteiger partial charge in [-0.05, 0) is 50.1 Å². The number of aliphatic carboxylic acids is 1. The molecule has 2 aromatic rings. The number of methoxy groups -OCH3 is 1. The van der Waals surface area contributed by atoms with Crippen LogP contribution in [0.4, 0.5) is 0 Å². The first-order valence-electron chi connectivity index (χ1n) is 12.8. The van der Waals surface area contributed by atoms with Crippen LogP contribution < -0.4 is 29.4 Å². The lowest BCUT2D eigenvalue weighted by Crippen LogP contribution is -2.61. The number of aliphatic hydroxyl groups is 3. The number of aliphatic hydroxyl groups excluding tert-OH is 3. The van der Waals surface area contributed by atoms with Crippen molar-refractivity contribution >= 4 is 16.0 Å². The number of benzene rings is 2. The van der Waals surface area contributed by atoms with E-state index < -0.39 is 46.7 Å². The molecule has 2 aromatic carbocycles. The molecular formula is C26H36N2O12S. The second-order valence-corrected chi connectivity index (χ2v) is 10.9. The minimum atomic E-state index is -3.95. The fourth-order valence-corrected chi connectivity index (χ4v) is 4.94. The molecule has 0 spiro atoms. The molecule has 0 aliphatic carbocycles. The van der Waals surface area contributed by atoms with E-state index in [4.69, 9.17) is 28.8 Å². The van der Waals surface area contributed by atoms with E-state index in [2.05, 4.69) is 5.32 Å². The van der Waals surface area contributed by atoms with Crippen molar-refractivity contribution in [2.75, 3.05) is 26.9 Å². The highest BCUT2D eigenvalue weighted by molar-refractivity contribution is 7.89. The molecule has 1 fully saturated rings. The second kappa shape index (κ2) is 14.1. The van der Waals surface area contributed by atoms with Gasteiger partial charge in [-0.25, -0.2) is 18.4 Å². The summed E-state index contributed by atoms with van der Waals surface area (Å²) in [6.45, 7) is 4.68. The lowest BCUT2D eigenvalue weighted by atomic mass is 9.99. The molecule has 228 valence electrons. The van der Waals surface area contributed by atoms with Crippen molar-refractivity contribution in [2.45, 2.75) is 61.9 Å². The van der Waals surface area contributed by atoms with Crippen molar-refractivity contribution < 1.29 is 57.3 Å². The number of nitrogens with one attached hydrogen (secondary N) is 1. The molecule has 6 atom stereocenters. The van der Waals surface area contributed by atoms with E-state index in [1.54, 1.807) is 25.1 Å². The molecule has 3 rings (SSSR count). The zero-order valence-corrected chi connectivity index (χ0v) is 23.6. The van der Waals surface area contributed by atoms with Crippen molar-refractivity contribution in [1.29, 1.82) is 0 Å². The number of rotatable bonds is 14. The van der Waals surface area contributed by atoms with Crippen molar-refractivity contribution in [2.24, 2.45) is 5.14 Å². The Hall–Kier alpha value is -3.18. The SMILES string of the molecule is CCOc1ccc(O[C@@H]2O[C@H](C(=O)O)[C@@H](O)[C@H](O)[C@H]2O)cc1OCCN[C@H](C)Cc1ccc(OC)c(S(N)(=O)=O)c1. The quantitative estimate of drug-likeness (QED) is 0.153. The number of hydrogen-bond acceptors (Lipinski definition) is 12. The summed E-state index contributed by atoms with van der Waals surface area (Å²) < 4.78 is 51.0. The van der Waals surface area contributed by atoms with E-state index in [0.29, 0.717) is 31.1 Å². The Labute approximate surface area is 237 Å². The van der Waals surface area contributed by atoms with Gasteiger partial charge in [0.25, 0.3) is 0 Å². The van der Waals surface area contributed by atoms with Gasteiger partial charge in [-0.2, -0.15) is 0 Å². The van der Waals surface area contributed by atoms with Crippen LogP contribution in [-0.2, 0) is 26.0 Å². The van der Waals surface area contributed by atoms with Gasteiger partial charge in [0.05, 0.1) is 13.7 Å². The van der Waals surface area contributed by atoms with Crippen LogP contribution >= 0.6 is 0 Å². The van der Waals surface area contributed by atoms with Gasteiger partial charge in [-0.3, -0.25) is 0 Å². The second-order valence-electron chi connectivity index (χ2n) is 9.33. The molecule has 1 aliphatic heterocycles. The third-order valence-corrected chi connectivity index (χ3v) is 7.14. The Bertz CT molecular complexity index is 1290. The minimum absolute atomic E-state index is 0.0600. The summed E-state index contributed by atoms with van der Waals surface area (Å²) in [5.41, 5.74) is 0.745. The summed E-state index contributed by atoms with van der Waals surface area (Å²) in [6, 6.07) is 9.25. The summed E-state index contributed by atoms with van der Waals surface area (Å²) in [6.07, 6.45) is -8.22. The predicted molar refractivity (Wildman–Crippen MR) is 144 cm³/mol. The first kappa shape index (κ1) is 32.3. The Morgan fingerprint density at radius 1 is 1.05 bits per heavy atom. The number of carboxylic acid groups (broad SMARTS) is 1. The molecule has 1 heterocycles. The molecule has 0 aromatic heterocycles. The zero-order valence-electron chi connectivity index (χ0n) is 22.8. The van der Waals surface area contributed by atoms with Gasteiger partial charge < -0.3 is 49.4 Å². The molecule has 41 heavy (non-hydrogen) atoms. The standard InChI is InChI=1S/C26H36N2O12S/c1-4-37-17-8-6-16(39-26-23(31)21(29)22(30)24(40-26)25(32)33)13-19(17)38-10-9-28-14(2)11-15-5-7-18(36-3)20(12-15)41(27,34)35/h5-8,12-14,21-24,26,28-31H,4,9-11H2,1-3H3,(H,32,33)(H2,27,34,35)/t14-,21+,22+,23-,24+,26-/m1/s1. The van der Waals surface area contributed by atoms with E-state index in [-0.39, 0.29) is 29.0 Å². The maximum atomic E-state index is 11.9. The Morgan fingerprint density at radius 2 is 1.76 bits per heavy atom. The molecule has 0 amide bonds. The number of sulfonamides is 1. The summed E-state index contributed by atoms with van der Waals surface area (Å²) in [7, 11) is -2.59. The average Bonchev–Trinajstić information content (AvgIpc) is 2.92. The first-order chi connectivity index (χ1) is 19.3. The topological polar surface area (TPSA) is 216 Å². The van der Waals surface area contributed by atoms with E-state index in [9.17, 15) is 33.6 Å². The Balaban J connectivity index is 1.61. The van der Waals surface area contributed by atoms with Crippen molar-refractivity contribution in [3.63, 3.8) is 0 Å². The van der Waals surface area contributed by atoms with Crippen LogP contribution in [0, 0.1) is 0 Å². The molecule has 15 heteroatoms. The Morgan fingerprint density at radius 3 is 2.39 bits per heavy atom. The monoisotopic (exact) mass is 600 g/mol. The summed E-state index contributed by atoms with van der Waals surface area (Å²) in [4.78, 5) is 11.3. The van der Waals surface area contributed by atoms with Gasteiger partial charge in [0.15, 0.2) is 17.6 Å². The first-order valence-corrected chi connectivity index (χ1v) is 14.3. The van der Waals surface area contributed by atoms with E-state index in [0.717, 1.165) is 5.56 Å². The third kappa shape index (κ3) is 8.42. The average molecular weight is 601 g/mol. The molecule has 1 aliphatic rings. The molecule has 7 N–H and O–H groups in total. The largest absolute Gasteiger partial charge is 0.495 e. The van der Waals surface area contributed by atoms with E-state index >= 15 is 0 Å². The highest BCUT2D eigenvalue weighted by Gasteiger charge is 2.48. The third-order valence-electron chi connectivity index (χ3n) is 6.21. The number of carbonyl (C=O) groups is 1. The number of ether oxygens (including phenoxy) is 5. The van der Waals surface area contributed by atoms with Crippen LogP contribution in [0.15, 0.2) is 41.3 Å². The van der Waals surface area contributed by atoms with Gasteiger partial charge in [0, 0.05) is 18.7 Å². The van der Waals surface area contributed by atoms with Crippen LogP contribution in [0.3, 0.4) is 0 Å². The highest BCUT2D eigenvalue weighted by atomic mass is 32.2. The van der Waals surface area contributed by atoms with Gasteiger partial charge in [-0.15, -0.1) is 0 Å². The summed E-state index contributed by atoms with van der Waals surface area (Å²) in [5.74, 6) is -0.516. The smallest absolute Gasteiger partial charge is 0.335 e. The molecule has 0 bridgehead atoms. The van der Waals surface area contributed by atoms with Crippen LogP contribution in [-0.4, -0.2) is 98.4 Å². The predicted octanol–water partition coefficient (Wildman–Crippen LogP) is -0.388. The molecule has 14 nitrogen and oxygen atoms in total. The van der Waals surface area contributed by atoms with Crippen LogP contribution in [0.25, 0.3) is 0 Å². The van der Waals surface area contributed by atoms with E-state index in [1.807, 2.05) is 6.92 Å². The van der Waals surface area contributed by atoms with Gasteiger partial charge >= 0.3 is 5.97 Å². The van der Waals surface area contributed by atoms with Gasteiger partial charge in [0.2, 0.25) is 16.3 Å². The van der Waals surface area contributed by atoms with Crippen LogP contribution in [0.5, 0.6) is 23.0 Å². The molecular weight excluding hydrogens is 564 g/mol. The molecule has 0 radical (unpaired) electrons. The number of carboxylic acids is 1. The van der Waals surface area contributed by atoms with Crippen molar-refractivity contribution in [1.82, 2.24) is 5.32 Å². The lowest BCUT2D eigenvalue weighted by Gasteiger charge is -2.38. The fraction of sp³-hybridized carbons (Fsp3) is 0.500. The maximum absolute atomic E-state index is 11.9.